The molecule has 1 aromatic carbocycles. The van der Waals surface area contributed by atoms with Gasteiger partial charge in [0.25, 0.3) is 0 Å². The second kappa shape index (κ2) is 5.55. The summed E-state index contributed by atoms with van der Waals surface area (Å²) in [6.07, 6.45) is 5.30. The van der Waals surface area contributed by atoms with Crippen LogP contribution in [0, 0.1) is 6.92 Å². The van der Waals surface area contributed by atoms with Crippen LogP contribution in [0.25, 0.3) is 0 Å². The van der Waals surface area contributed by atoms with Crippen molar-refractivity contribution in [1.82, 2.24) is 15.3 Å². The monoisotopic (exact) mass is 227 g/mol. The lowest BCUT2D eigenvalue weighted by Gasteiger charge is -2.20. The number of nitrogens with zero attached hydrogens (tertiary/aromatic N) is 2. The maximum Gasteiger partial charge on any atom is 0.115 e. The van der Waals surface area contributed by atoms with Crippen LogP contribution >= 0.6 is 0 Å². The van der Waals surface area contributed by atoms with E-state index in [4.69, 9.17) is 0 Å². The molecular formula is C14H17N3. The lowest BCUT2D eigenvalue weighted by atomic mass is 9.97. The molecule has 17 heavy (non-hydrogen) atoms. The first kappa shape index (κ1) is 11.7. The Morgan fingerprint density at radius 1 is 1.18 bits per heavy atom. The Hall–Kier alpha value is -1.74. The summed E-state index contributed by atoms with van der Waals surface area (Å²) in [5.74, 6) is 0. The Bertz CT molecular complexity index is 468. The second-order valence-corrected chi connectivity index (χ2v) is 4.02. The number of aromatic nitrogens is 2. The van der Waals surface area contributed by atoms with Crippen LogP contribution in [0.1, 0.15) is 29.7 Å². The molecule has 1 atom stereocenters. The minimum Gasteiger partial charge on any atom is -0.306 e. The van der Waals surface area contributed by atoms with Gasteiger partial charge in [0.15, 0.2) is 0 Å². The fourth-order valence-corrected chi connectivity index (χ4v) is 1.98. The van der Waals surface area contributed by atoms with Crippen LogP contribution in [-0.2, 0) is 0 Å². The standard InChI is InChI=1S/C14H17N3/c1-3-17-14(12-8-15-10-16-9-12)13-7-5-4-6-11(13)2/h4-10,14,17H,3H2,1-2H3. The van der Waals surface area contributed by atoms with Crippen LogP contribution in [0.2, 0.25) is 0 Å². The molecule has 88 valence electrons. The van der Waals surface area contributed by atoms with Crippen molar-refractivity contribution in [2.75, 3.05) is 6.54 Å². The first-order chi connectivity index (χ1) is 8.33. The van der Waals surface area contributed by atoms with Crippen LogP contribution in [0.15, 0.2) is 43.0 Å². The average molecular weight is 227 g/mol. The Labute approximate surface area is 102 Å². The minimum absolute atomic E-state index is 0.169. The van der Waals surface area contributed by atoms with Crippen molar-refractivity contribution in [2.45, 2.75) is 19.9 Å². The average Bonchev–Trinajstić information content (AvgIpc) is 2.38. The Kier molecular flexibility index (Phi) is 3.83. The van der Waals surface area contributed by atoms with Crippen molar-refractivity contribution in [3.8, 4) is 0 Å². The molecule has 1 heterocycles. The predicted octanol–water partition coefficient (Wildman–Crippen LogP) is 2.48. The van der Waals surface area contributed by atoms with Crippen molar-refractivity contribution in [3.63, 3.8) is 0 Å². The van der Waals surface area contributed by atoms with Crippen molar-refractivity contribution >= 4 is 0 Å². The highest BCUT2D eigenvalue weighted by Gasteiger charge is 2.14. The Morgan fingerprint density at radius 2 is 1.88 bits per heavy atom. The second-order valence-electron chi connectivity index (χ2n) is 4.02. The number of nitrogens with one attached hydrogen (secondary N) is 1. The summed E-state index contributed by atoms with van der Waals surface area (Å²) in [5.41, 5.74) is 3.66. The minimum atomic E-state index is 0.169. The van der Waals surface area contributed by atoms with E-state index in [2.05, 4.69) is 53.4 Å². The van der Waals surface area contributed by atoms with Gasteiger partial charge < -0.3 is 5.32 Å². The van der Waals surface area contributed by atoms with Gasteiger partial charge >= 0.3 is 0 Å². The summed E-state index contributed by atoms with van der Waals surface area (Å²) in [6, 6.07) is 8.57. The highest BCUT2D eigenvalue weighted by atomic mass is 14.9. The predicted molar refractivity (Wildman–Crippen MR) is 68.7 cm³/mol. The molecular weight excluding hydrogens is 210 g/mol. The number of rotatable bonds is 4. The molecule has 0 bridgehead atoms. The molecule has 3 heteroatoms. The highest BCUT2D eigenvalue weighted by Crippen LogP contribution is 2.23. The van der Waals surface area contributed by atoms with Crippen LogP contribution in [-0.4, -0.2) is 16.5 Å². The summed E-state index contributed by atoms with van der Waals surface area (Å²) in [5, 5.41) is 3.48. The van der Waals surface area contributed by atoms with E-state index >= 15 is 0 Å². The third kappa shape index (κ3) is 2.68. The van der Waals surface area contributed by atoms with Gasteiger partial charge in [0, 0.05) is 18.0 Å². The summed E-state index contributed by atoms with van der Waals surface area (Å²) in [4.78, 5) is 8.18. The number of hydrogen-bond donors (Lipinski definition) is 1. The van der Waals surface area contributed by atoms with E-state index in [1.54, 1.807) is 6.33 Å². The molecule has 0 spiro atoms. The molecule has 0 saturated carbocycles. The smallest absolute Gasteiger partial charge is 0.115 e. The van der Waals surface area contributed by atoms with Gasteiger partial charge in [0.1, 0.15) is 6.33 Å². The van der Waals surface area contributed by atoms with E-state index in [1.807, 2.05) is 12.4 Å². The van der Waals surface area contributed by atoms with Gasteiger partial charge in [0.05, 0.1) is 6.04 Å². The van der Waals surface area contributed by atoms with Crippen molar-refractivity contribution in [3.05, 3.63) is 59.7 Å². The zero-order valence-electron chi connectivity index (χ0n) is 10.2. The largest absolute Gasteiger partial charge is 0.306 e. The van der Waals surface area contributed by atoms with Crippen molar-refractivity contribution in [2.24, 2.45) is 0 Å². The molecule has 2 rings (SSSR count). The van der Waals surface area contributed by atoms with Gasteiger partial charge in [-0.3, -0.25) is 0 Å². The fourth-order valence-electron chi connectivity index (χ4n) is 1.98. The maximum absolute atomic E-state index is 4.09. The zero-order chi connectivity index (χ0) is 12.1. The van der Waals surface area contributed by atoms with Crippen molar-refractivity contribution < 1.29 is 0 Å². The van der Waals surface area contributed by atoms with Crippen LogP contribution in [0.3, 0.4) is 0 Å². The van der Waals surface area contributed by atoms with Gasteiger partial charge in [-0.15, -0.1) is 0 Å². The fraction of sp³-hybridized carbons (Fsp3) is 0.286. The first-order valence-corrected chi connectivity index (χ1v) is 5.86. The molecule has 0 aliphatic heterocycles. The zero-order valence-corrected chi connectivity index (χ0v) is 10.2. The van der Waals surface area contributed by atoms with E-state index < -0.39 is 0 Å². The van der Waals surface area contributed by atoms with Crippen molar-refractivity contribution in [1.29, 1.82) is 0 Å². The summed E-state index contributed by atoms with van der Waals surface area (Å²) in [7, 11) is 0. The first-order valence-electron chi connectivity index (χ1n) is 5.86. The lowest BCUT2D eigenvalue weighted by Crippen LogP contribution is -2.23. The Balaban J connectivity index is 2.39. The maximum atomic E-state index is 4.09. The Morgan fingerprint density at radius 3 is 2.53 bits per heavy atom. The molecule has 0 saturated heterocycles. The van der Waals surface area contributed by atoms with E-state index in [9.17, 15) is 0 Å². The summed E-state index contributed by atoms with van der Waals surface area (Å²) < 4.78 is 0. The quantitative estimate of drug-likeness (QED) is 0.872. The molecule has 0 amide bonds. The molecule has 2 aromatic rings. The van der Waals surface area contributed by atoms with E-state index in [0.29, 0.717) is 0 Å². The molecule has 1 N–H and O–H groups in total. The topological polar surface area (TPSA) is 37.8 Å². The van der Waals surface area contributed by atoms with Gasteiger partial charge in [-0.25, -0.2) is 9.97 Å². The lowest BCUT2D eigenvalue weighted by molar-refractivity contribution is 0.623. The SMILES string of the molecule is CCNC(c1cncnc1)c1ccccc1C. The van der Waals surface area contributed by atoms with Gasteiger partial charge in [0.2, 0.25) is 0 Å². The van der Waals surface area contributed by atoms with Gasteiger partial charge in [-0.05, 0) is 24.6 Å². The molecule has 3 nitrogen and oxygen atoms in total. The molecule has 0 aliphatic carbocycles. The summed E-state index contributed by atoms with van der Waals surface area (Å²) >= 11 is 0. The molecule has 1 aromatic heterocycles. The van der Waals surface area contributed by atoms with Crippen LogP contribution < -0.4 is 5.32 Å². The number of hydrogen-bond acceptors (Lipinski definition) is 3. The molecule has 0 radical (unpaired) electrons. The number of aryl methyl sites for hydroxylation is 1. The molecule has 1 unspecified atom stereocenters. The van der Waals surface area contributed by atoms with Gasteiger partial charge in [-0.2, -0.15) is 0 Å². The number of benzene rings is 1. The van der Waals surface area contributed by atoms with E-state index in [0.717, 1.165) is 12.1 Å². The summed E-state index contributed by atoms with van der Waals surface area (Å²) in [6.45, 7) is 5.15. The normalized spacial score (nSPS) is 12.4. The molecule has 0 fully saturated rings. The van der Waals surface area contributed by atoms with Crippen LogP contribution in [0.4, 0.5) is 0 Å². The third-order valence-electron chi connectivity index (χ3n) is 2.82. The van der Waals surface area contributed by atoms with E-state index in [1.165, 1.54) is 11.1 Å². The van der Waals surface area contributed by atoms with Crippen LogP contribution in [0.5, 0.6) is 0 Å². The highest BCUT2D eigenvalue weighted by molar-refractivity contribution is 5.34. The van der Waals surface area contributed by atoms with E-state index in [-0.39, 0.29) is 6.04 Å². The third-order valence-corrected chi connectivity index (χ3v) is 2.82. The molecule has 0 aliphatic rings. The van der Waals surface area contributed by atoms with Gasteiger partial charge in [-0.1, -0.05) is 31.2 Å².